The third-order valence-electron chi connectivity index (χ3n) is 4.85. The molecular formula is C22H16N2O4. The number of hydrogen-bond acceptors (Lipinski definition) is 4. The van der Waals surface area contributed by atoms with Crippen LogP contribution in [0.5, 0.6) is 0 Å². The second-order valence-electron chi connectivity index (χ2n) is 6.69. The van der Waals surface area contributed by atoms with Gasteiger partial charge in [-0.15, -0.1) is 0 Å². The second kappa shape index (κ2) is 6.42. The van der Waals surface area contributed by atoms with Crippen LogP contribution >= 0.6 is 0 Å². The Kier molecular flexibility index (Phi) is 4.04. The third kappa shape index (κ3) is 2.75. The van der Waals surface area contributed by atoms with Gasteiger partial charge in [-0.3, -0.25) is 19.2 Å². The van der Waals surface area contributed by atoms with Gasteiger partial charge in [0.05, 0.1) is 11.4 Å². The maximum atomic E-state index is 11.9. The van der Waals surface area contributed by atoms with E-state index < -0.39 is 0 Å². The molecule has 0 N–H and O–H groups in total. The minimum atomic E-state index is -0.355. The number of rotatable bonds is 3. The van der Waals surface area contributed by atoms with Gasteiger partial charge in [0.1, 0.15) is 0 Å². The minimum Gasteiger partial charge on any atom is -0.269 e. The fourth-order valence-electron chi connectivity index (χ4n) is 3.49. The van der Waals surface area contributed by atoms with E-state index in [9.17, 15) is 19.2 Å². The number of nitrogens with zero attached hydrogens (tertiary/aromatic N) is 2. The van der Waals surface area contributed by atoms with Crippen molar-refractivity contribution in [2.24, 2.45) is 0 Å². The van der Waals surface area contributed by atoms with Crippen LogP contribution < -0.4 is 9.80 Å². The molecule has 0 aliphatic carbocycles. The van der Waals surface area contributed by atoms with E-state index in [0.29, 0.717) is 11.4 Å². The van der Waals surface area contributed by atoms with Crippen molar-refractivity contribution in [3.05, 3.63) is 71.8 Å². The van der Waals surface area contributed by atoms with E-state index in [4.69, 9.17) is 0 Å². The molecule has 0 saturated carbocycles. The van der Waals surface area contributed by atoms with Crippen LogP contribution in [0.25, 0.3) is 11.1 Å². The van der Waals surface area contributed by atoms with Crippen molar-refractivity contribution in [3.63, 3.8) is 0 Å². The zero-order chi connectivity index (χ0) is 20.0. The van der Waals surface area contributed by atoms with Crippen LogP contribution in [0.2, 0.25) is 0 Å². The highest BCUT2D eigenvalue weighted by molar-refractivity contribution is 6.28. The first-order valence-electron chi connectivity index (χ1n) is 8.71. The number of amides is 4. The smallest absolute Gasteiger partial charge is 0.258 e. The molecule has 2 aromatic rings. The number of anilines is 2. The van der Waals surface area contributed by atoms with Gasteiger partial charge in [0.2, 0.25) is 0 Å². The first kappa shape index (κ1) is 17.6. The lowest BCUT2D eigenvalue weighted by Crippen LogP contribution is -2.29. The number of imide groups is 2. The van der Waals surface area contributed by atoms with Crippen molar-refractivity contribution in [2.75, 3.05) is 9.80 Å². The lowest BCUT2D eigenvalue weighted by Gasteiger charge is -2.19. The molecular weight excluding hydrogens is 356 g/mol. The van der Waals surface area contributed by atoms with E-state index in [0.717, 1.165) is 32.1 Å². The first-order valence-corrected chi connectivity index (χ1v) is 8.71. The Morgan fingerprint density at radius 1 is 0.536 bits per heavy atom. The summed E-state index contributed by atoms with van der Waals surface area (Å²) in [6.07, 6.45) is 5.02. The Morgan fingerprint density at radius 3 is 1.14 bits per heavy atom. The maximum Gasteiger partial charge on any atom is 0.258 e. The summed E-state index contributed by atoms with van der Waals surface area (Å²) in [5.74, 6) is -1.42. The molecule has 2 aliphatic heterocycles. The van der Waals surface area contributed by atoms with Crippen LogP contribution in [0.15, 0.2) is 60.7 Å². The zero-order valence-electron chi connectivity index (χ0n) is 15.3. The van der Waals surface area contributed by atoms with Crippen molar-refractivity contribution in [1.29, 1.82) is 0 Å². The molecule has 28 heavy (non-hydrogen) atoms. The molecule has 2 aromatic carbocycles. The normalized spacial score (nSPS) is 16.1. The van der Waals surface area contributed by atoms with Crippen molar-refractivity contribution in [1.82, 2.24) is 0 Å². The van der Waals surface area contributed by atoms with E-state index >= 15 is 0 Å². The van der Waals surface area contributed by atoms with Crippen molar-refractivity contribution in [3.8, 4) is 11.1 Å². The summed E-state index contributed by atoms with van der Waals surface area (Å²) < 4.78 is 0. The van der Waals surface area contributed by atoms with E-state index in [1.54, 1.807) is 24.3 Å². The fourth-order valence-corrected chi connectivity index (χ4v) is 3.49. The van der Waals surface area contributed by atoms with E-state index in [2.05, 4.69) is 0 Å². The number of hydrogen-bond donors (Lipinski definition) is 0. The predicted octanol–water partition coefficient (Wildman–Crippen LogP) is 2.83. The molecule has 0 aromatic heterocycles. The fraction of sp³-hybridized carbons (Fsp3) is 0.0909. The predicted molar refractivity (Wildman–Crippen MR) is 105 cm³/mol. The molecule has 0 unspecified atom stereocenters. The molecule has 2 heterocycles. The maximum absolute atomic E-state index is 11.9. The summed E-state index contributed by atoms with van der Waals surface area (Å²) in [6, 6.07) is 10.8. The molecule has 4 rings (SSSR count). The molecule has 0 saturated heterocycles. The van der Waals surface area contributed by atoms with Crippen LogP contribution in [-0.4, -0.2) is 23.6 Å². The Morgan fingerprint density at radius 2 is 0.857 bits per heavy atom. The molecule has 2 aliphatic rings. The van der Waals surface area contributed by atoms with E-state index in [1.807, 2.05) is 26.0 Å². The van der Waals surface area contributed by atoms with E-state index in [1.165, 1.54) is 24.3 Å². The van der Waals surface area contributed by atoms with Gasteiger partial charge in [-0.05, 0) is 60.4 Å². The summed E-state index contributed by atoms with van der Waals surface area (Å²) in [6.45, 7) is 3.81. The summed E-state index contributed by atoms with van der Waals surface area (Å²) in [5.41, 5.74) is 4.73. The highest BCUT2D eigenvalue weighted by Gasteiger charge is 2.27. The zero-order valence-corrected chi connectivity index (χ0v) is 15.3. The van der Waals surface area contributed by atoms with Crippen LogP contribution in [-0.2, 0) is 19.2 Å². The number of aryl methyl sites for hydroxylation is 2. The molecule has 0 bridgehead atoms. The van der Waals surface area contributed by atoms with Crippen molar-refractivity contribution >= 4 is 35.0 Å². The van der Waals surface area contributed by atoms with Gasteiger partial charge < -0.3 is 0 Å². The minimum absolute atomic E-state index is 0.355. The lowest BCUT2D eigenvalue weighted by atomic mass is 9.95. The average Bonchev–Trinajstić information content (AvgIpc) is 3.16. The third-order valence-corrected chi connectivity index (χ3v) is 4.85. The van der Waals surface area contributed by atoms with Gasteiger partial charge in [-0.2, -0.15) is 0 Å². The Labute approximate surface area is 161 Å². The largest absolute Gasteiger partial charge is 0.269 e. The second-order valence-corrected chi connectivity index (χ2v) is 6.69. The standard InChI is InChI=1S/C22H16N2O4/c1-13-11-15(23-19(25)7-8-20(23)26)3-5-17(13)18-6-4-16(12-14(18)2)24-21(27)9-10-22(24)28/h3-12H,1-2H3. The van der Waals surface area contributed by atoms with Gasteiger partial charge in [0.25, 0.3) is 23.6 Å². The topological polar surface area (TPSA) is 74.8 Å². The molecule has 0 spiro atoms. The quantitative estimate of drug-likeness (QED) is 0.777. The summed E-state index contributed by atoms with van der Waals surface area (Å²) in [4.78, 5) is 49.8. The highest BCUT2D eigenvalue weighted by Crippen LogP contribution is 2.33. The summed E-state index contributed by atoms with van der Waals surface area (Å²) in [5, 5.41) is 0. The van der Waals surface area contributed by atoms with Crippen LogP contribution in [0.4, 0.5) is 11.4 Å². The SMILES string of the molecule is Cc1cc(N2C(=O)C=CC2=O)ccc1-c1ccc(N2C(=O)C=CC2=O)cc1C. The Bertz CT molecular complexity index is 1000. The van der Waals surface area contributed by atoms with Crippen molar-refractivity contribution in [2.45, 2.75) is 13.8 Å². The van der Waals surface area contributed by atoms with Gasteiger partial charge in [0.15, 0.2) is 0 Å². The average molecular weight is 372 g/mol. The van der Waals surface area contributed by atoms with Gasteiger partial charge in [-0.1, -0.05) is 12.1 Å². The monoisotopic (exact) mass is 372 g/mol. The van der Waals surface area contributed by atoms with Gasteiger partial charge in [-0.25, -0.2) is 9.80 Å². The van der Waals surface area contributed by atoms with Gasteiger partial charge in [0, 0.05) is 24.3 Å². The Hall–Kier alpha value is -3.80. The van der Waals surface area contributed by atoms with Crippen LogP contribution in [0.1, 0.15) is 11.1 Å². The molecule has 0 atom stereocenters. The molecule has 4 amide bonds. The van der Waals surface area contributed by atoms with Crippen LogP contribution in [0, 0.1) is 13.8 Å². The number of carbonyl (C=O) groups excluding carboxylic acids is 4. The first-order chi connectivity index (χ1) is 13.4. The number of carbonyl (C=O) groups is 4. The van der Waals surface area contributed by atoms with Crippen molar-refractivity contribution < 1.29 is 19.2 Å². The summed E-state index contributed by atoms with van der Waals surface area (Å²) >= 11 is 0. The molecule has 6 nitrogen and oxygen atoms in total. The van der Waals surface area contributed by atoms with Crippen LogP contribution in [0.3, 0.4) is 0 Å². The van der Waals surface area contributed by atoms with E-state index in [-0.39, 0.29) is 23.6 Å². The van der Waals surface area contributed by atoms with Gasteiger partial charge >= 0.3 is 0 Å². The summed E-state index contributed by atoms with van der Waals surface area (Å²) in [7, 11) is 0. The molecule has 138 valence electrons. The highest BCUT2D eigenvalue weighted by atomic mass is 16.2. The molecule has 0 radical (unpaired) electrons. The molecule has 6 heteroatoms. The molecule has 0 fully saturated rings. The Balaban J connectivity index is 1.68. The lowest BCUT2D eigenvalue weighted by molar-refractivity contribution is -0.121. The number of benzene rings is 2.